The van der Waals surface area contributed by atoms with Gasteiger partial charge < -0.3 is 0 Å². The van der Waals surface area contributed by atoms with Gasteiger partial charge in [-0.15, -0.1) is 11.8 Å². The van der Waals surface area contributed by atoms with Crippen molar-refractivity contribution in [3.8, 4) is 5.69 Å². The zero-order valence-corrected chi connectivity index (χ0v) is 12.3. The molecule has 0 spiro atoms. The molecule has 6 heteroatoms. The van der Waals surface area contributed by atoms with E-state index in [1.807, 2.05) is 48.9 Å². The molecule has 0 unspecified atom stereocenters. The van der Waals surface area contributed by atoms with Crippen LogP contribution in [0.5, 0.6) is 0 Å². The first-order valence-electron chi connectivity index (χ1n) is 5.93. The third-order valence-electron chi connectivity index (χ3n) is 2.75. The van der Waals surface area contributed by atoms with Crippen LogP contribution in [-0.2, 0) is 4.79 Å². The molecule has 0 N–H and O–H groups in total. The number of amides is 1. The third-order valence-corrected chi connectivity index (χ3v) is 4.72. The van der Waals surface area contributed by atoms with Gasteiger partial charge in [-0.1, -0.05) is 30.0 Å². The lowest BCUT2D eigenvalue weighted by atomic mass is 10.1. The van der Waals surface area contributed by atoms with Crippen molar-refractivity contribution >= 4 is 39.9 Å². The fourth-order valence-corrected chi connectivity index (χ4v) is 3.26. The standard InChI is InChI=1S/C14H11N3OS2/c1-19-14-16-13(18)12(20-14)9-10-5-2-3-6-11(10)17-8-4-7-15-17/h2-9H,1H3. The van der Waals surface area contributed by atoms with E-state index in [4.69, 9.17) is 0 Å². The number of aromatic nitrogens is 2. The van der Waals surface area contributed by atoms with Crippen molar-refractivity contribution in [3.63, 3.8) is 0 Å². The third kappa shape index (κ3) is 2.57. The Kier molecular flexibility index (Phi) is 3.75. The predicted molar refractivity (Wildman–Crippen MR) is 85.1 cm³/mol. The van der Waals surface area contributed by atoms with Crippen LogP contribution in [0, 0.1) is 0 Å². The second kappa shape index (κ2) is 5.68. The Morgan fingerprint density at radius 1 is 1.30 bits per heavy atom. The summed E-state index contributed by atoms with van der Waals surface area (Å²) in [7, 11) is 0. The molecule has 0 radical (unpaired) electrons. The van der Waals surface area contributed by atoms with Crippen LogP contribution in [-0.4, -0.2) is 26.3 Å². The van der Waals surface area contributed by atoms with Gasteiger partial charge in [0, 0.05) is 18.0 Å². The molecule has 0 aliphatic carbocycles. The molecule has 1 aliphatic rings. The Morgan fingerprint density at radius 2 is 2.15 bits per heavy atom. The van der Waals surface area contributed by atoms with Gasteiger partial charge in [0.25, 0.3) is 5.91 Å². The lowest BCUT2D eigenvalue weighted by Crippen LogP contribution is -1.97. The van der Waals surface area contributed by atoms with Gasteiger partial charge in [-0.25, -0.2) is 4.68 Å². The van der Waals surface area contributed by atoms with Crippen molar-refractivity contribution in [2.24, 2.45) is 4.99 Å². The number of rotatable bonds is 2. The zero-order chi connectivity index (χ0) is 13.9. The summed E-state index contributed by atoms with van der Waals surface area (Å²) < 4.78 is 2.57. The van der Waals surface area contributed by atoms with Crippen LogP contribution in [0.15, 0.2) is 52.6 Å². The van der Waals surface area contributed by atoms with Crippen LogP contribution in [0.4, 0.5) is 0 Å². The summed E-state index contributed by atoms with van der Waals surface area (Å²) in [6, 6.07) is 9.70. The number of aliphatic imine (C=N–C) groups is 1. The molecule has 0 fully saturated rings. The minimum atomic E-state index is -0.172. The van der Waals surface area contributed by atoms with Gasteiger partial charge >= 0.3 is 0 Å². The maximum atomic E-state index is 11.8. The molecule has 1 aliphatic heterocycles. The number of carbonyl (C=O) groups is 1. The second-order valence-corrected chi connectivity index (χ2v) is 6.09. The van der Waals surface area contributed by atoms with E-state index in [0.717, 1.165) is 15.6 Å². The average molecular weight is 301 g/mol. The van der Waals surface area contributed by atoms with Gasteiger partial charge in [0.1, 0.15) is 4.38 Å². The summed E-state index contributed by atoms with van der Waals surface area (Å²) in [5.74, 6) is -0.172. The second-order valence-electron chi connectivity index (χ2n) is 4.01. The molecule has 0 saturated carbocycles. The van der Waals surface area contributed by atoms with Crippen LogP contribution >= 0.6 is 23.5 Å². The Balaban J connectivity index is 1.99. The first kappa shape index (κ1) is 13.2. The van der Waals surface area contributed by atoms with Gasteiger partial charge in [-0.3, -0.25) is 4.79 Å². The summed E-state index contributed by atoms with van der Waals surface area (Å²) in [6.45, 7) is 0. The molecule has 100 valence electrons. The average Bonchev–Trinajstić information content (AvgIpc) is 3.10. The monoisotopic (exact) mass is 301 g/mol. The topological polar surface area (TPSA) is 47.2 Å². The van der Waals surface area contributed by atoms with Crippen LogP contribution in [0.1, 0.15) is 5.56 Å². The van der Waals surface area contributed by atoms with Crippen molar-refractivity contribution in [2.45, 2.75) is 0 Å². The van der Waals surface area contributed by atoms with Crippen molar-refractivity contribution in [2.75, 3.05) is 6.26 Å². The fraction of sp³-hybridized carbons (Fsp3) is 0.0714. The SMILES string of the molecule is CSC1=NC(=O)C(=Cc2ccccc2-n2cccn2)S1. The molecule has 0 bridgehead atoms. The summed E-state index contributed by atoms with van der Waals surface area (Å²) >= 11 is 2.90. The van der Waals surface area contributed by atoms with Crippen LogP contribution in [0.25, 0.3) is 11.8 Å². The van der Waals surface area contributed by atoms with E-state index in [1.54, 1.807) is 10.9 Å². The highest BCUT2D eigenvalue weighted by Crippen LogP contribution is 2.33. The van der Waals surface area contributed by atoms with E-state index in [0.29, 0.717) is 4.91 Å². The number of nitrogens with zero attached hydrogens (tertiary/aromatic N) is 3. The Morgan fingerprint density at radius 3 is 2.85 bits per heavy atom. The summed E-state index contributed by atoms with van der Waals surface area (Å²) in [5, 5.41) is 4.23. The van der Waals surface area contributed by atoms with Crippen LogP contribution in [0.3, 0.4) is 0 Å². The van der Waals surface area contributed by atoms with Crippen LogP contribution < -0.4 is 0 Å². The van der Waals surface area contributed by atoms with Gasteiger partial charge in [0.2, 0.25) is 0 Å². The first-order valence-corrected chi connectivity index (χ1v) is 7.97. The Labute approximate surface area is 125 Å². The minimum absolute atomic E-state index is 0.172. The zero-order valence-electron chi connectivity index (χ0n) is 10.7. The number of benzene rings is 1. The molecule has 4 nitrogen and oxygen atoms in total. The van der Waals surface area contributed by atoms with E-state index < -0.39 is 0 Å². The van der Waals surface area contributed by atoms with E-state index in [2.05, 4.69) is 10.1 Å². The quantitative estimate of drug-likeness (QED) is 0.799. The number of thioether (sulfide) groups is 2. The van der Waals surface area contributed by atoms with Crippen molar-refractivity contribution in [3.05, 3.63) is 53.2 Å². The molecule has 0 atom stereocenters. The number of hydrogen-bond donors (Lipinski definition) is 0. The summed E-state index contributed by atoms with van der Waals surface area (Å²) in [5.41, 5.74) is 1.89. The van der Waals surface area contributed by atoms with Crippen molar-refractivity contribution in [1.29, 1.82) is 0 Å². The van der Waals surface area contributed by atoms with E-state index in [-0.39, 0.29) is 5.91 Å². The molecule has 2 aromatic rings. The molecule has 20 heavy (non-hydrogen) atoms. The summed E-state index contributed by atoms with van der Waals surface area (Å²) in [6.07, 6.45) is 7.40. The Bertz CT molecular complexity index is 705. The maximum absolute atomic E-state index is 11.8. The van der Waals surface area contributed by atoms with E-state index in [9.17, 15) is 4.79 Å². The largest absolute Gasteiger partial charge is 0.285 e. The molecule has 1 aromatic carbocycles. The normalized spacial score (nSPS) is 16.8. The maximum Gasteiger partial charge on any atom is 0.285 e. The van der Waals surface area contributed by atoms with E-state index in [1.165, 1.54) is 23.5 Å². The highest BCUT2D eigenvalue weighted by molar-refractivity contribution is 8.40. The lowest BCUT2D eigenvalue weighted by molar-refractivity contribution is -0.113. The first-order chi connectivity index (χ1) is 9.78. The molecule has 1 aromatic heterocycles. The minimum Gasteiger partial charge on any atom is -0.266 e. The predicted octanol–water partition coefficient (Wildman–Crippen LogP) is 3.21. The van der Waals surface area contributed by atoms with Crippen molar-refractivity contribution in [1.82, 2.24) is 9.78 Å². The highest BCUT2D eigenvalue weighted by atomic mass is 32.2. The number of para-hydroxylation sites is 1. The molecule has 2 heterocycles. The van der Waals surface area contributed by atoms with E-state index >= 15 is 0 Å². The summed E-state index contributed by atoms with van der Waals surface area (Å²) in [4.78, 5) is 16.5. The van der Waals surface area contributed by atoms with Gasteiger partial charge in [-0.2, -0.15) is 10.1 Å². The molecule has 1 amide bonds. The molecule has 0 saturated heterocycles. The lowest BCUT2D eigenvalue weighted by Gasteiger charge is -2.06. The smallest absolute Gasteiger partial charge is 0.266 e. The number of hydrogen-bond acceptors (Lipinski definition) is 4. The van der Waals surface area contributed by atoms with Gasteiger partial charge in [-0.05, 0) is 24.5 Å². The number of carbonyl (C=O) groups excluding carboxylic acids is 1. The molecular weight excluding hydrogens is 290 g/mol. The highest BCUT2D eigenvalue weighted by Gasteiger charge is 2.21. The fourth-order valence-electron chi connectivity index (χ4n) is 1.85. The van der Waals surface area contributed by atoms with Crippen molar-refractivity contribution < 1.29 is 4.79 Å². The Hall–Kier alpha value is -1.79. The van der Waals surface area contributed by atoms with Crippen LogP contribution in [0.2, 0.25) is 0 Å². The molecule has 3 rings (SSSR count). The van der Waals surface area contributed by atoms with Gasteiger partial charge in [0.15, 0.2) is 0 Å². The van der Waals surface area contributed by atoms with Gasteiger partial charge in [0.05, 0.1) is 10.6 Å². The molecular formula is C14H11N3OS2.